The van der Waals surface area contributed by atoms with Crippen molar-refractivity contribution in [2.45, 2.75) is 124 Å². The van der Waals surface area contributed by atoms with E-state index in [1.165, 1.54) is 0 Å². The van der Waals surface area contributed by atoms with Crippen LogP contribution in [0, 0.1) is 29.6 Å². The summed E-state index contributed by atoms with van der Waals surface area (Å²) in [6.45, 7) is 16.3. The minimum absolute atomic E-state index is 0.0155. The summed E-state index contributed by atoms with van der Waals surface area (Å²) in [5.74, 6) is -1.62. The third-order valence-electron chi connectivity index (χ3n) is 11.1. The molecule has 1 aromatic carbocycles. The smallest absolute Gasteiger partial charge is 0.237 e. The number of methoxy groups -OCH3 is 2. The Balaban J connectivity index is 2.21. The van der Waals surface area contributed by atoms with Gasteiger partial charge in [0.25, 0.3) is 0 Å². The number of hydrogen-bond acceptors (Lipinski definition) is 8. The Hall–Kier alpha value is -3.06. The zero-order chi connectivity index (χ0) is 39.3. The zero-order valence-electron chi connectivity index (χ0n) is 33.8. The van der Waals surface area contributed by atoms with Gasteiger partial charge in [0.2, 0.25) is 23.6 Å². The van der Waals surface area contributed by atoms with Gasteiger partial charge in [-0.1, -0.05) is 85.2 Å². The standard InChI is InChI=1S/C40H69N5O7/c1-13-26(6)35(44(10)40(50)30(24(2)3)23-42-39(49)34(41-9)25(4)5)32(51-11)22-33(46)45-21-17-20-31(45)37(52-12)27(7)38(48)43-28(8)36(47)29-18-15-14-16-19-29/h14-16,18-19,24-28,30-32,34-37,41,47H,13,17,20-23H2,1-12H3,(H,42,49)(H,43,48)/t26-,27+,28+,30-,31-,32+,34-,35-,36+,37+/m0/s1. The number of likely N-dealkylation sites (tertiary alicyclic amines) is 1. The van der Waals surface area contributed by atoms with Crippen molar-refractivity contribution in [2.24, 2.45) is 29.6 Å². The largest absolute Gasteiger partial charge is 0.386 e. The van der Waals surface area contributed by atoms with Crippen LogP contribution in [0.2, 0.25) is 0 Å². The molecule has 1 aromatic rings. The molecule has 12 nitrogen and oxygen atoms in total. The Morgan fingerprint density at radius 3 is 2.12 bits per heavy atom. The molecular weight excluding hydrogens is 662 g/mol. The average molecular weight is 732 g/mol. The number of carbonyl (C=O) groups is 4. The van der Waals surface area contributed by atoms with Crippen LogP contribution in [0.1, 0.15) is 92.7 Å². The van der Waals surface area contributed by atoms with E-state index in [1.54, 1.807) is 52.0 Å². The Kier molecular flexibility index (Phi) is 18.7. The topological polar surface area (TPSA) is 150 Å². The normalized spacial score (nSPS) is 20.0. The number of carbonyl (C=O) groups excluding carboxylic acids is 4. The van der Waals surface area contributed by atoms with Crippen molar-refractivity contribution in [1.29, 1.82) is 0 Å². The molecule has 1 fully saturated rings. The number of ether oxygens (including phenoxy) is 2. The summed E-state index contributed by atoms with van der Waals surface area (Å²) < 4.78 is 11.9. The van der Waals surface area contributed by atoms with E-state index in [1.807, 2.05) is 58.0 Å². The fourth-order valence-corrected chi connectivity index (χ4v) is 7.64. The fraction of sp³-hybridized carbons (Fsp3) is 0.750. The van der Waals surface area contributed by atoms with Crippen LogP contribution in [0.25, 0.3) is 0 Å². The lowest BCUT2D eigenvalue weighted by molar-refractivity contribution is -0.148. The summed E-state index contributed by atoms with van der Waals surface area (Å²) in [4.78, 5) is 58.2. The lowest BCUT2D eigenvalue weighted by Crippen LogP contribution is -2.55. The molecule has 0 aliphatic carbocycles. The van der Waals surface area contributed by atoms with Crippen LogP contribution in [-0.2, 0) is 28.7 Å². The van der Waals surface area contributed by atoms with Gasteiger partial charge in [0.1, 0.15) is 0 Å². The third-order valence-corrected chi connectivity index (χ3v) is 11.1. The maximum Gasteiger partial charge on any atom is 0.237 e. The minimum Gasteiger partial charge on any atom is -0.386 e. The number of nitrogens with zero attached hydrogens (tertiary/aromatic N) is 2. The van der Waals surface area contributed by atoms with Crippen LogP contribution in [0.3, 0.4) is 0 Å². The fourth-order valence-electron chi connectivity index (χ4n) is 7.64. The Morgan fingerprint density at radius 1 is 0.962 bits per heavy atom. The first-order chi connectivity index (χ1) is 24.5. The number of hydrogen-bond donors (Lipinski definition) is 4. The van der Waals surface area contributed by atoms with E-state index < -0.39 is 42.2 Å². The van der Waals surface area contributed by atoms with Gasteiger partial charge in [0.15, 0.2) is 0 Å². The SMILES string of the molecule is CC[C@H](C)[C@@H]([C@@H](CC(=O)N1CCC[C@H]1[C@H](OC)[C@@H](C)C(=O)N[C@H](C)[C@@H](O)c1ccccc1)OC)N(C)C(=O)[C@@H](CNC(=O)[C@@H](NC)C(C)C)C(C)C. The molecule has 0 unspecified atom stereocenters. The molecule has 1 aliphatic rings. The van der Waals surface area contributed by atoms with Gasteiger partial charge in [-0.15, -0.1) is 0 Å². The van der Waals surface area contributed by atoms with Gasteiger partial charge >= 0.3 is 0 Å². The van der Waals surface area contributed by atoms with Gasteiger partial charge in [0, 0.05) is 34.4 Å². The predicted octanol–water partition coefficient (Wildman–Crippen LogP) is 3.78. The highest BCUT2D eigenvalue weighted by Gasteiger charge is 2.43. The molecule has 0 spiro atoms. The predicted molar refractivity (Wildman–Crippen MR) is 204 cm³/mol. The van der Waals surface area contributed by atoms with E-state index in [2.05, 4.69) is 29.8 Å². The Labute approximate surface area is 313 Å². The van der Waals surface area contributed by atoms with Crippen molar-refractivity contribution >= 4 is 23.6 Å². The average Bonchev–Trinajstić information content (AvgIpc) is 3.60. The van der Waals surface area contributed by atoms with Crippen LogP contribution < -0.4 is 16.0 Å². The highest BCUT2D eigenvalue weighted by Crippen LogP contribution is 2.30. The first-order valence-corrected chi connectivity index (χ1v) is 19.2. The maximum atomic E-state index is 14.2. The lowest BCUT2D eigenvalue weighted by atomic mass is 9.87. The molecular formula is C40H69N5O7. The highest BCUT2D eigenvalue weighted by molar-refractivity contribution is 5.84. The van der Waals surface area contributed by atoms with Gasteiger partial charge in [0.05, 0.1) is 60.7 Å². The first kappa shape index (κ1) is 45.1. The summed E-state index contributed by atoms with van der Waals surface area (Å²) in [6, 6.07) is 7.58. The molecule has 0 radical (unpaired) electrons. The molecule has 0 bridgehead atoms. The number of nitrogens with one attached hydrogen (secondary N) is 3. The molecule has 12 heteroatoms. The van der Waals surface area contributed by atoms with E-state index in [9.17, 15) is 24.3 Å². The molecule has 10 atom stereocenters. The molecule has 1 saturated heterocycles. The van der Waals surface area contributed by atoms with E-state index in [0.717, 1.165) is 12.8 Å². The highest BCUT2D eigenvalue weighted by atomic mass is 16.5. The van der Waals surface area contributed by atoms with E-state index in [-0.39, 0.29) is 66.4 Å². The molecule has 296 valence electrons. The summed E-state index contributed by atoms with van der Waals surface area (Å²) in [6.07, 6.45) is 0.244. The minimum atomic E-state index is -0.873. The first-order valence-electron chi connectivity index (χ1n) is 19.2. The second-order valence-corrected chi connectivity index (χ2v) is 15.3. The van der Waals surface area contributed by atoms with E-state index >= 15 is 0 Å². The molecule has 0 aromatic heterocycles. The zero-order valence-corrected chi connectivity index (χ0v) is 33.8. The lowest BCUT2D eigenvalue weighted by Gasteiger charge is -2.41. The van der Waals surface area contributed by atoms with Gasteiger partial charge in [-0.05, 0) is 50.1 Å². The van der Waals surface area contributed by atoms with E-state index in [0.29, 0.717) is 18.5 Å². The second kappa shape index (κ2) is 21.6. The summed E-state index contributed by atoms with van der Waals surface area (Å²) in [7, 11) is 6.66. The molecule has 52 heavy (non-hydrogen) atoms. The van der Waals surface area contributed by atoms with Crippen LogP contribution in [0.5, 0.6) is 0 Å². The molecule has 1 aliphatic heterocycles. The van der Waals surface area contributed by atoms with Crippen molar-refractivity contribution in [3.63, 3.8) is 0 Å². The summed E-state index contributed by atoms with van der Waals surface area (Å²) in [5, 5.41) is 19.8. The number of aliphatic hydroxyl groups is 1. The number of rotatable bonds is 21. The molecule has 4 amide bonds. The Bertz CT molecular complexity index is 1260. The van der Waals surface area contributed by atoms with Gasteiger partial charge in [-0.3, -0.25) is 19.2 Å². The van der Waals surface area contributed by atoms with Crippen LogP contribution in [0.4, 0.5) is 0 Å². The number of aliphatic hydroxyl groups excluding tert-OH is 1. The van der Waals surface area contributed by atoms with Crippen molar-refractivity contribution < 1.29 is 33.8 Å². The third kappa shape index (κ3) is 11.7. The van der Waals surface area contributed by atoms with Crippen molar-refractivity contribution in [2.75, 3.05) is 41.4 Å². The number of amides is 4. The van der Waals surface area contributed by atoms with Crippen molar-refractivity contribution in [1.82, 2.24) is 25.8 Å². The molecule has 0 saturated carbocycles. The van der Waals surface area contributed by atoms with Crippen LogP contribution >= 0.6 is 0 Å². The second-order valence-electron chi connectivity index (χ2n) is 15.3. The maximum absolute atomic E-state index is 14.2. The number of likely N-dealkylation sites (N-methyl/N-ethyl adjacent to an activating group) is 2. The van der Waals surface area contributed by atoms with Gasteiger partial charge in [-0.25, -0.2) is 0 Å². The van der Waals surface area contributed by atoms with Crippen molar-refractivity contribution in [3.8, 4) is 0 Å². The quantitative estimate of drug-likeness (QED) is 0.149. The number of benzene rings is 1. The molecule has 2 rings (SSSR count). The van der Waals surface area contributed by atoms with Crippen LogP contribution in [0.15, 0.2) is 30.3 Å². The Morgan fingerprint density at radius 2 is 1.60 bits per heavy atom. The summed E-state index contributed by atoms with van der Waals surface area (Å²) >= 11 is 0. The summed E-state index contributed by atoms with van der Waals surface area (Å²) in [5.41, 5.74) is 0.713. The monoisotopic (exact) mass is 732 g/mol. The molecule has 1 heterocycles. The molecule has 4 N–H and O–H groups in total. The van der Waals surface area contributed by atoms with Crippen LogP contribution in [-0.4, -0.2) is 116 Å². The van der Waals surface area contributed by atoms with E-state index in [4.69, 9.17) is 9.47 Å². The van der Waals surface area contributed by atoms with Crippen molar-refractivity contribution in [3.05, 3.63) is 35.9 Å². The van der Waals surface area contributed by atoms with Gasteiger partial charge < -0.3 is 40.3 Å². The van der Waals surface area contributed by atoms with Gasteiger partial charge in [-0.2, -0.15) is 0 Å².